The number of aryl methyl sites for hydroxylation is 1. The van der Waals surface area contributed by atoms with Crippen molar-refractivity contribution in [3.05, 3.63) is 39.8 Å². The molecule has 1 unspecified atom stereocenters. The molecule has 0 bridgehead atoms. The van der Waals surface area contributed by atoms with E-state index in [1.165, 1.54) is 17.4 Å². The second-order valence-corrected chi connectivity index (χ2v) is 9.65. The summed E-state index contributed by atoms with van der Waals surface area (Å²) in [5, 5.41) is 12.2. The second-order valence-electron chi connectivity index (χ2n) is 7.30. The number of nitrogens with one attached hydrogen (secondary N) is 2. The van der Waals surface area contributed by atoms with Crippen LogP contribution < -0.4 is 10.6 Å². The molecule has 1 atom stereocenters. The number of thiophene rings is 1. The Balaban J connectivity index is 1.48. The molecule has 2 amide bonds. The van der Waals surface area contributed by atoms with Crippen molar-refractivity contribution in [1.29, 1.82) is 0 Å². The van der Waals surface area contributed by atoms with Gasteiger partial charge in [-0.15, -0.1) is 23.1 Å². The number of halogens is 3. The van der Waals surface area contributed by atoms with Crippen molar-refractivity contribution in [2.24, 2.45) is 0 Å². The van der Waals surface area contributed by atoms with Crippen LogP contribution in [0.15, 0.2) is 23.1 Å². The number of benzene rings is 1. The Morgan fingerprint density at radius 1 is 1.23 bits per heavy atom. The number of carbonyl (C=O) groups is 3. The molecule has 1 aromatic carbocycles. The van der Waals surface area contributed by atoms with E-state index >= 15 is 0 Å². The van der Waals surface area contributed by atoms with Crippen molar-refractivity contribution in [3.63, 3.8) is 0 Å². The summed E-state index contributed by atoms with van der Waals surface area (Å²) in [4.78, 5) is 38.2. The van der Waals surface area contributed by atoms with Crippen LogP contribution in [0.3, 0.4) is 0 Å². The highest BCUT2D eigenvalue weighted by Gasteiger charge is 2.35. The molecule has 0 radical (unpaired) electrons. The van der Waals surface area contributed by atoms with Crippen molar-refractivity contribution in [2.45, 2.75) is 48.4 Å². The van der Waals surface area contributed by atoms with E-state index in [0.29, 0.717) is 16.3 Å². The van der Waals surface area contributed by atoms with Crippen LogP contribution in [-0.2, 0) is 28.6 Å². The number of carbonyl (C=O) groups excluding carboxylic acids is 3. The molecule has 1 aliphatic heterocycles. The molecule has 31 heavy (non-hydrogen) atoms. The Labute approximate surface area is 183 Å². The summed E-state index contributed by atoms with van der Waals surface area (Å²) in [7, 11) is 0. The van der Waals surface area contributed by atoms with Gasteiger partial charge in [0.25, 0.3) is 0 Å². The van der Waals surface area contributed by atoms with Gasteiger partial charge in [0.2, 0.25) is 11.8 Å². The zero-order chi connectivity index (χ0) is 22.3. The number of hydrogen-bond donors (Lipinski definition) is 2. The van der Waals surface area contributed by atoms with Gasteiger partial charge in [-0.1, -0.05) is 0 Å². The maximum absolute atomic E-state index is 12.9. The third-order valence-electron chi connectivity index (χ3n) is 5.15. The average Bonchev–Trinajstić information content (AvgIpc) is 3.05. The standard InChI is InChI=1S/C20H17F3N2O4S2/c21-20(22,23)9-5-6-13-11(7-9)24-17(27)14(30-13)8-15(26)25-18-16(19(28)29)10-3-1-2-4-12(10)31-18/h5-7,14H,1-4,8H2,(H,24,27)(H,25,26)(H,28,29)/p+1. The minimum atomic E-state index is -4.52. The van der Waals surface area contributed by atoms with Crippen LogP contribution in [0.2, 0.25) is 0 Å². The lowest BCUT2D eigenvalue weighted by Gasteiger charge is -2.24. The van der Waals surface area contributed by atoms with E-state index in [1.54, 1.807) is 0 Å². The van der Waals surface area contributed by atoms with Gasteiger partial charge in [0.15, 0.2) is 5.56 Å². The summed E-state index contributed by atoms with van der Waals surface area (Å²) in [6, 6.07) is 3.08. The van der Waals surface area contributed by atoms with E-state index in [2.05, 4.69) is 10.6 Å². The van der Waals surface area contributed by atoms with Crippen LogP contribution >= 0.6 is 23.1 Å². The van der Waals surface area contributed by atoms with Crippen LogP contribution in [-0.4, -0.2) is 28.1 Å². The van der Waals surface area contributed by atoms with E-state index in [0.717, 1.165) is 53.6 Å². The van der Waals surface area contributed by atoms with Gasteiger partial charge < -0.3 is 15.7 Å². The molecule has 0 saturated carbocycles. The van der Waals surface area contributed by atoms with Crippen molar-refractivity contribution in [3.8, 4) is 0 Å². The van der Waals surface area contributed by atoms with Crippen molar-refractivity contribution < 1.29 is 32.7 Å². The SMILES string of the molecule is O=C(CC1Sc2ccc(C(F)(F)F)cc2NC1=O)Nc1sc2c(c1C(=O)[OH2+])CCCC2. The molecule has 4 N–H and O–H groups in total. The van der Waals surface area contributed by atoms with Gasteiger partial charge >= 0.3 is 12.1 Å². The topological polar surface area (TPSA) is 98.2 Å². The van der Waals surface area contributed by atoms with Crippen LogP contribution in [0, 0.1) is 0 Å². The summed E-state index contributed by atoms with van der Waals surface area (Å²) < 4.78 is 38.6. The minimum Gasteiger partial charge on any atom is -0.561 e. The Morgan fingerprint density at radius 2 is 1.97 bits per heavy atom. The molecule has 0 spiro atoms. The first-order valence-corrected chi connectivity index (χ1v) is 11.2. The van der Waals surface area contributed by atoms with Gasteiger partial charge in [-0.2, -0.15) is 13.2 Å². The first kappa shape index (κ1) is 21.7. The number of hydrogen-bond acceptors (Lipinski definition) is 5. The molecule has 2 aliphatic rings. The fourth-order valence-electron chi connectivity index (χ4n) is 3.70. The normalized spacial score (nSPS) is 18.0. The molecule has 4 rings (SSSR count). The molecule has 2 heterocycles. The van der Waals surface area contributed by atoms with E-state index in [1.807, 2.05) is 0 Å². The number of amides is 2. The Hall–Kier alpha value is -2.53. The lowest BCUT2D eigenvalue weighted by atomic mass is 9.95. The van der Waals surface area contributed by atoms with Gasteiger partial charge in [-0.25, -0.2) is 0 Å². The first-order valence-electron chi connectivity index (χ1n) is 9.52. The zero-order valence-corrected chi connectivity index (χ0v) is 17.7. The van der Waals surface area contributed by atoms with Crippen LogP contribution in [0.1, 0.15) is 45.6 Å². The van der Waals surface area contributed by atoms with Crippen molar-refractivity contribution in [2.75, 3.05) is 10.6 Å². The molecule has 0 saturated heterocycles. The number of anilines is 2. The van der Waals surface area contributed by atoms with Gasteiger partial charge in [0.1, 0.15) is 5.00 Å². The number of thioether (sulfide) groups is 1. The average molecular weight is 472 g/mol. The molecular weight excluding hydrogens is 453 g/mol. The highest BCUT2D eigenvalue weighted by Crippen LogP contribution is 2.41. The summed E-state index contributed by atoms with van der Waals surface area (Å²) in [6.45, 7) is 0. The molecule has 6 nitrogen and oxygen atoms in total. The Kier molecular flexibility index (Phi) is 5.73. The monoisotopic (exact) mass is 471 g/mol. The van der Waals surface area contributed by atoms with Crippen LogP contribution in [0.4, 0.5) is 23.9 Å². The van der Waals surface area contributed by atoms with Gasteiger partial charge in [-0.3, -0.25) is 9.59 Å². The molecule has 164 valence electrons. The molecule has 2 aromatic rings. The minimum absolute atomic E-state index is 0.0644. The highest BCUT2D eigenvalue weighted by atomic mass is 32.2. The third-order valence-corrected chi connectivity index (χ3v) is 7.63. The Bertz CT molecular complexity index is 1080. The van der Waals surface area contributed by atoms with Gasteiger partial charge in [-0.05, 0) is 49.4 Å². The maximum Gasteiger partial charge on any atom is 0.552 e. The fraction of sp³-hybridized carbons (Fsp3) is 0.350. The third kappa shape index (κ3) is 4.42. The quantitative estimate of drug-likeness (QED) is 0.660. The molecule has 11 heteroatoms. The summed E-state index contributed by atoms with van der Waals surface area (Å²) in [5.41, 5.74) is 0.247. The van der Waals surface area contributed by atoms with E-state index in [4.69, 9.17) is 5.11 Å². The molecule has 0 fully saturated rings. The van der Waals surface area contributed by atoms with Gasteiger partial charge in [0.05, 0.1) is 16.5 Å². The summed E-state index contributed by atoms with van der Waals surface area (Å²) in [5.74, 6) is -1.91. The molecular formula is C20H18F3N2O4S2+. The van der Waals surface area contributed by atoms with Gasteiger partial charge in [0, 0.05) is 21.0 Å². The number of alkyl halides is 3. The Morgan fingerprint density at radius 3 is 2.68 bits per heavy atom. The maximum atomic E-state index is 12.9. The highest BCUT2D eigenvalue weighted by molar-refractivity contribution is 8.01. The smallest absolute Gasteiger partial charge is 0.552 e. The van der Waals surface area contributed by atoms with Crippen LogP contribution in [0.5, 0.6) is 0 Å². The second kappa shape index (κ2) is 8.19. The van der Waals surface area contributed by atoms with Crippen molar-refractivity contribution >= 4 is 51.6 Å². The first-order chi connectivity index (χ1) is 14.6. The molecule has 1 aliphatic carbocycles. The lowest BCUT2D eigenvalue weighted by molar-refractivity contribution is -0.137. The number of rotatable bonds is 4. The summed E-state index contributed by atoms with van der Waals surface area (Å²) >= 11 is 2.31. The van der Waals surface area contributed by atoms with E-state index in [9.17, 15) is 27.6 Å². The predicted molar refractivity (Wildman–Crippen MR) is 112 cm³/mol. The van der Waals surface area contributed by atoms with E-state index < -0.39 is 34.8 Å². The number of fused-ring (bicyclic) bond motifs is 2. The van der Waals surface area contributed by atoms with Crippen molar-refractivity contribution in [1.82, 2.24) is 0 Å². The van der Waals surface area contributed by atoms with Crippen LogP contribution in [0.25, 0.3) is 0 Å². The fourth-order valence-corrected chi connectivity index (χ4v) is 6.09. The largest absolute Gasteiger partial charge is 0.561 e. The lowest BCUT2D eigenvalue weighted by Crippen LogP contribution is -2.32. The summed E-state index contributed by atoms with van der Waals surface area (Å²) in [6.07, 6.45) is -1.33. The molecule has 1 aromatic heterocycles. The van der Waals surface area contributed by atoms with E-state index in [-0.39, 0.29) is 17.7 Å². The predicted octanol–water partition coefficient (Wildman–Crippen LogP) is 3.95. The zero-order valence-electron chi connectivity index (χ0n) is 16.0.